The molecular formula is C47H64N4O12. The molecule has 0 spiro atoms. The second-order valence-electron chi connectivity index (χ2n) is 17.8. The van der Waals surface area contributed by atoms with Crippen LogP contribution >= 0.6 is 0 Å². The molecule has 7 rings (SSSR count). The number of phenolic OH excluding ortho intramolecular Hbond substituents is 3. The predicted octanol–water partition coefficient (Wildman–Crippen LogP) is 5.65. The molecule has 4 aliphatic heterocycles. The maximum absolute atomic E-state index is 14.5. The number of piperazine rings is 1. The van der Waals surface area contributed by atoms with Gasteiger partial charge in [-0.15, -0.1) is 0 Å². The lowest BCUT2D eigenvalue weighted by Crippen LogP contribution is -2.47. The number of nitrogens with zero attached hydrogens (tertiary/aromatic N) is 3. The predicted molar refractivity (Wildman–Crippen MR) is 237 cm³/mol. The fraction of sp³-hybridized carbons (Fsp3) is 0.574. The van der Waals surface area contributed by atoms with Gasteiger partial charge >= 0.3 is 11.8 Å². The molecule has 2 aromatic rings. The lowest BCUT2D eigenvalue weighted by atomic mass is 9.78. The molecule has 9 atom stereocenters. The molecule has 0 unspecified atom stereocenters. The maximum Gasteiger partial charge on any atom is 0.312 e. The van der Waals surface area contributed by atoms with E-state index in [1.165, 1.54) is 85.1 Å². The van der Waals surface area contributed by atoms with Gasteiger partial charge in [-0.1, -0.05) is 58.8 Å². The number of carbonyl (C=O) groups excluding carboxylic acids is 3. The summed E-state index contributed by atoms with van der Waals surface area (Å²) in [7, 11) is 1.44. The lowest BCUT2D eigenvalue weighted by molar-refractivity contribution is -0.160. The smallest absolute Gasteiger partial charge is 0.312 e. The van der Waals surface area contributed by atoms with Crippen molar-refractivity contribution in [1.29, 1.82) is 0 Å². The number of carbonyl (C=O) groups is 3. The standard InChI is InChI=1S/C47H64N4O12/c1-24-13-12-14-25(2)46(59)49-37-32(23-48-51-20-18-50(19-21-51)31-15-10-11-16-31)41(56)34-35(42(37)57)40(55)29(6)44-36(34)45(58)47(8,63-44)61-22-17-33(60-9)26(3)43(62-30(7)52)28(5)39(54)27(4)38(24)53/h12-14,17,22-24,26-28,31,33,38-39,43,53-57H,10-11,15-16,18-21H2,1-9H3,(H,49,59)/b13-12-,22-17?,25-14+,48-23+/t24-,26+,27+,28+,33-,38-,39+,43+,47-/m0/s1. The Bertz CT molecular complexity index is 2190. The second kappa shape index (κ2) is 19.3. The Hall–Kier alpha value is -5.16. The van der Waals surface area contributed by atoms with Crippen molar-refractivity contribution >= 4 is 40.3 Å². The van der Waals surface area contributed by atoms with E-state index >= 15 is 0 Å². The van der Waals surface area contributed by atoms with Gasteiger partial charge in [0.2, 0.25) is 0 Å². The van der Waals surface area contributed by atoms with E-state index in [-0.39, 0.29) is 44.5 Å². The first kappa shape index (κ1) is 47.3. The van der Waals surface area contributed by atoms with E-state index in [0.717, 1.165) is 13.1 Å². The SMILES string of the molecule is CO[C@H]1C=CO[C@@]2(C)Oc3c(C)c(O)c4c(O)c(c(/C=N/N5CCN(C6CCCC6)CC5)c(O)c4c3C2=O)NC(=O)/C(C)=C/C=C\[C@H](C)[C@H](O)[C@@H](C)[C@@H](O)[C@@H](C)[C@H](OC(C)=O)[C@@H]1C. The number of hydrogen-bond donors (Lipinski definition) is 6. The molecule has 2 fully saturated rings. The van der Waals surface area contributed by atoms with Crippen LogP contribution in [0.15, 0.2) is 41.2 Å². The molecule has 1 aliphatic carbocycles. The molecule has 344 valence electrons. The summed E-state index contributed by atoms with van der Waals surface area (Å²) in [6, 6.07) is 0.553. The Balaban J connectivity index is 1.47. The lowest BCUT2D eigenvalue weighted by Gasteiger charge is -2.38. The summed E-state index contributed by atoms with van der Waals surface area (Å²) in [6.07, 6.45) is 9.75. The van der Waals surface area contributed by atoms with Crippen molar-refractivity contribution < 1.29 is 58.9 Å². The van der Waals surface area contributed by atoms with Gasteiger partial charge in [0.15, 0.2) is 5.75 Å². The van der Waals surface area contributed by atoms with Crippen LogP contribution in [0.25, 0.3) is 10.8 Å². The molecule has 5 aliphatic rings. The van der Waals surface area contributed by atoms with E-state index < -0.39 is 88.8 Å². The van der Waals surface area contributed by atoms with Crippen molar-refractivity contribution in [3.05, 3.63) is 52.8 Å². The number of fused-ring (bicyclic) bond motifs is 14. The minimum absolute atomic E-state index is 0.0631. The highest BCUT2D eigenvalue weighted by Gasteiger charge is 2.50. The van der Waals surface area contributed by atoms with Crippen molar-refractivity contribution in [2.24, 2.45) is 28.8 Å². The molecular weight excluding hydrogens is 813 g/mol. The molecule has 4 heterocycles. The highest BCUT2D eigenvalue weighted by molar-refractivity contribution is 6.23. The van der Waals surface area contributed by atoms with Gasteiger partial charge in [0.25, 0.3) is 11.7 Å². The van der Waals surface area contributed by atoms with Gasteiger partial charge in [-0.05, 0) is 32.8 Å². The number of nitrogens with one attached hydrogen (secondary N) is 1. The van der Waals surface area contributed by atoms with E-state index in [4.69, 9.17) is 18.9 Å². The monoisotopic (exact) mass is 876 g/mol. The van der Waals surface area contributed by atoms with Gasteiger partial charge in [0.1, 0.15) is 23.4 Å². The number of allylic oxidation sites excluding steroid dienone is 2. The summed E-state index contributed by atoms with van der Waals surface area (Å²) in [5.41, 5.74) is -0.293. The molecule has 1 saturated carbocycles. The molecule has 2 aromatic carbocycles. The molecule has 5 bridgehead atoms. The Morgan fingerprint density at radius 1 is 0.921 bits per heavy atom. The van der Waals surface area contributed by atoms with Crippen molar-refractivity contribution in [2.75, 3.05) is 38.6 Å². The first-order valence-electron chi connectivity index (χ1n) is 21.9. The fourth-order valence-electron chi connectivity index (χ4n) is 9.47. The van der Waals surface area contributed by atoms with Gasteiger partial charge in [-0.25, -0.2) is 0 Å². The summed E-state index contributed by atoms with van der Waals surface area (Å²) >= 11 is 0. The van der Waals surface area contributed by atoms with Gasteiger partial charge < -0.3 is 49.8 Å². The maximum atomic E-state index is 14.5. The van der Waals surface area contributed by atoms with E-state index in [9.17, 15) is 39.9 Å². The highest BCUT2D eigenvalue weighted by atomic mass is 16.7. The number of benzene rings is 2. The molecule has 1 saturated heterocycles. The number of amides is 1. The van der Waals surface area contributed by atoms with E-state index in [1.807, 2.05) is 5.01 Å². The fourth-order valence-corrected chi connectivity index (χ4v) is 9.47. The number of aromatic hydroxyl groups is 3. The Kier molecular flexibility index (Phi) is 14.5. The number of methoxy groups -OCH3 is 1. The van der Waals surface area contributed by atoms with Crippen LogP contribution in [0.3, 0.4) is 0 Å². The van der Waals surface area contributed by atoms with E-state index in [1.54, 1.807) is 39.8 Å². The van der Waals surface area contributed by atoms with Crippen LogP contribution in [-0.4, -0.2) is 129 Å². The van der Waals surface area contributed by atoms with Crippen LogP contribution in [0.4, 0.5) is 5.69 Å². The number of rotatable bonds is 5. The average molecular weight is 877 g/mol. The molecule has 16 heteroatoms. The molecule has 0 radical (unpaired) electrons. The first-order chi connectivity index (χ1) is 29.8. The number of anilines is 1. The third-order valence-corrected chi connectivity index (χ3v) is 13.5. The third kappa shape index (κ3) is 9.40. The number of aliphatic hydroxyl groups is 2. The van der Waals surface area contributed by atoms with Crippen molar-refractivity contribution in [3.63, 3.8) is 0 Å². The van der Waals surface area contributed by atoms with Gasteiger partial charge in [-0.3, -0.25) is 24.3 Å². The quantitative estimate of drug-likeness (QED) is 0.0926. The summed E-state index contributed by atoms with van der Waals surface area (Å²) in [5, 5.41) is 67.6. The minimum atomic E-state index is -2.04. The highest BCUT2D eigenvalue weighted by Crippen LogP contribution is 2.55. The Morgan fingerprint density at radius 2 is 1.59 bits per heavy atom. The van der Waals surface area contributed by atoms with E-state index in [2.05, 4.69) is 15.3 Å². The minimum Gasteiger partial charge on any atom is -0.507 e. The number of Topliss-reactive ketones (excluding diaryl/α,β-unsaturated/α-hetero) is 1. The molecule has 6 N–H and O–H groups in total. The second-order valence-corrected chi connectivity index (χ2v) is 17.8. The van der Waals surface area contributed by atoms with Crippen molar-refractivity contribution in [3.8, 4) is 23.0 Å². The summed E-state index contributed by atoms with van der Waals surface area (Å²) in [4.78, 5) is 43.2. The summed E-state index contributed by atoms with van der Waals surface area (Å²) < 4.78 is 23.7. The number of ether oxygens (including phenoxy) is 4. The first-order valence-corrected chi connectivity index (χ1v) is 21.9. The van der Waals surface area contributed by atoms with Crippen LogP contribution < -0.4 is 10.1 Å². The number of phenols is 3. The largest absolute Gasteiger partial charge is 0.507 e. The molecule has 16 nitrogen and oxygen atoms in total. The number of hydrazone groups is 1. The number of ketones is 1. The van der Waals surface area contributed by atoms with Gasteiger partial charge in [0, 0.05) is 93.4 Å². The van der Waals surface area contributed by atoms with Crippen LogP contribution in [0, 0.1) is 30.6 Å². The zero-order valence-electron chi connectivity index (χ0n) is 37.8. The van der Waals surface area contributed by atoms with Gasteiger partial charge in [0.05, 0.1) is 53.0 Å². The van der Waals surface area contributed by atoms with Gasteiger partial charge in [-0.2, -0.15) is 5.10 Å². The summed E-state index contributed by atoms with van der Waals surface area (Å²) in [6.45, 7) is 15.4. The average Bonchev–Trinajstić information content (AvgIpc) is 3.89. The normalized spacial score (nSPS) is 31.9. The van der Waals surface area contributed by atoms with Crippen LogP contribution in [0.2, 0.25) is 0 Å². The van der Waals surface area contributed by atoms with E-state index in [0.29, 0.717) is 19.1 Å². The number of hydrogen-bond acceptors (Lipinski definition) is 15. The zero-order valence-corrected chi connectivity index (χ0v) is 37.8. The molecule has 63 heavy (non-hydrogen) atoms. The van der Waals surface area contributed by atoms with Crippen molar-refractivity contribution in [2.45, 2.75) is 117 Å². The van der Waals surface area contributed by atoms with Crippen LogP contribution in [0.5, 0.6) is 23.0 Å². The molecule has 1 amide bonds. The van der Waals surface area contributed by atoms with Crippen LogP contribution in [0.1, 0.15) is 95.6 Å². The third-order valence-electron chi connectivity index (χ3n) is 13.5. The molecule has 0 aromatic heterocycles. The van der Waals surface area contributed by atoms with Crippen molar-refractivity contribution in [1.82, 2.24) is 9.91 Å². The number of aliphatic hydroxyl groups excluding tert-OH is 2. The topological polar surface area (TPSA) is 220 Å². The van der Waals surface area contributed by atoms with Crippen LogP contribution in [-0.2, 0) is 23.8 Å². The Labute approximate surface area is 368 Å². The summed E-state index contributed by atoms with van der Waals surface area (Å²) in [5.74, 6) is -8.28. The Morgan fingerprint density at radius 3 is 2.22 bits per heavy atom. The number of esters is 1. The zero-order chi connectivity index (χ0) is 46.1.